The number of hydrogen-bond donors (Lipinski definition) is 0. The lowest BCUT2D eigenvalue weighted by atomic mass is 10.3. The first-order chi connectivity index (χ1) is 7.05. The lowest BCUT2D eigenvalue weighted by Gasteiger charge is -2.01. The Morgan fingerprint density at radius 3 is 2.80 bits per heavy atom. The summed E-state index contributed by atoms with van der Waals surface area (Å²) in [5.74, 6) is -1.16. The van der Waals surface area contributed by atoms with Crippen molar-refractivity contribution in [2.24, 2.45) is 0 Å². The first kappa shape index (κ1) is 11.9. The highest BCUT2D eigenvalue weighted by molar-refractivity contribution is 7.92. The van der Waals surface area contributed by atoms with Crippen molar-refractivity contribution in [1.29, 1.82) is 0 Å². The van der Waals surface area contributed by atoms with Gasteiger partial charge in [0.1, 0.15) is 5.75 Å². The lowest BCUT2D eigenvalue weighted by Crippen LogP contribution is -2.21. The zero-order valence-electron chi connectivity index (χ0n) is 8.30. The molecule has 0 aliphatic carbocycles. The van der Waals surface area contributed by atoms with Gasteiger partial charge < -0.3 is 9.15 Å². The lowest BCUT2D eigenvalue weighted by molar-refractivity contribution is 0.0990. The predicted octanol–water partition coefficient (Wildman–Crippen LogP) is 0.523. The average molecular weight is 232 g/mol. The third kappa shape index (κ3) is 3.85. The minimum absolute atomic E-state index is 0.0657. The number of Topliss-reactive ketones (excluding diaryl/α,β-unsaturated/α-hetero) is 1. The molecule has 0 aliphatic heterocycles. The molecule has 0 spiro atoms. The van der Waals surface area contributed by atoms with Crippen molar-refractivity contribution >= 4 is 15.6 Å². The van der Waals surface area contributed by atoms with E-state index in [4.69, 9.17) is 4.42 Å². The van der Waals surface area contributed by atoms with Crippen molar-refractivity contribution in [3.05, 3.63) is 24.2 Å². The maximum Gasteiger partial charge on any atom is 0.212 e. The van der Waals surface area contributed by atoms with Gasteiger partial charge in [0.15, 0.2) is 15.6 Å². The van der Waals surface area contributed by atoms with Crippen LogP contribution in [-0.2, 0) is 14.6 Å². The smallest absolute Gasteiger partial charge is 0.212 e. The summed E-state index contributed by atoms with van der Waals surface area (Å²) in [6.07, 6.45) is 1.33. The molecule has 0 radical (unpaired) electrons. The molecule has 1 heterocycles. The molecular formula is C9H12O5S. The molecule has 0 N–H and O–H groups in total. The standard InChI is InChI=1S/C9H12O5S/c1-13-5-6-15(11,12)7-8(10)9-3-2-4-14-9/h2-4H,5-7H2,1H3. The second-order valence-electron chi connectivity index (χ2n) is 2.99. The summed E-state index contributed by atoms with van der Waals surface area (Å²) < 4.78 is 32.1. The van der Waals surface area contributed by atoms with E-state index >= 15 is 0 Å². The zero-order valence-corrected chi connectivity index (χ0v) is 9.12. The van der Waals surface area contributed by atoms with Gasteiger partial charge in [-0.05, 0) is 12.1 Å². The fourth-order valence-corrected chi connectivity index (χ4v) is 2.10. The molecule has 6 heteroatoms. The van der Waals surface area contributed by atoms with E-state index in [0.29, 0.717) is 0 Å². The second-order valence-corrected chi connectivity index (χ2v) is 5.17. The molecule has 1 aromatic rings. The molecule has 84 valence electrons. The Hall–Kier alpha value is -1.14. The van der Waals surface area contributed by atoms with Crippen molar-refractivity contribution in [3.8, 4) is 0 Å². The molecule has 0 atom stereocenters. The van der Waals surface area contributed by atoms with Crippen molar-refractivity contribution in [2.45, 2.75) is 0 Å². The van der Waals surface area contributed by atoms with Crippen molar-refractivity contribution in [3.63, 3.8) is 0 Å². The topological polar surface area (TPSA) is 73.6 Å². The third-order valence-corrected chi connectivity index (χ3v) is 3.24. The Kier molecular flexibility index (Phi) is 4.05. The normalized spacial score (nSPS) is 11.5. The summed E-state index contributed by atoms with van der Waals surface area (Å²) in [7, 11) is -2.00. The first-order valence-corrected chi connectivity index (χ1v) is 6.13. The second kappa shape index (κ2) is 5.09. The van der Waals surface area contributed by atoms with E-state index in [1.54, 1.807) is 0 Å². The predicted molar refractivity (Wildman–Crippen MR) is 53.6 cm³/mol. The molecule has 0 aliphatic rings. The third-order valence-electron chi connectivity index (χ3n) is 1.75. The van der Waals surface area contributed by atoms with Gasteiger partial charge in [0.25, 0.3) is 0 Å². The van der Waals surface area contributed by atoms with Gasteiger partial charge in [-0.2, -0.15) is 0 Å². The number of hydrogen-bond acceptors (Lipinski definition) is 5. The molecule has 0 aromatic carbocycles. The Bertz CT molecular complexity index is 404. The maximum absolute atomic E-state index is 11.4. The van der Waals surface area contributed by atoms with E-state index in [2.05, 4.69) is 4.74 Å². The SMILES string of the molecule is COCCS(=O)(=O)CC(=O)c1ccco1. The zero-order chi connectivity index (χ0) is 11.3. The van der Waals surface area contributed by atoms with Gasteiger partial charge in [0.2, 0.25) is 5.78 Å². The Morgan fingerprint density at radius 1 is 1.53 bits per heavy atom. The van der Waals surface area contributed by atoms with Gasteiger partial charge in [-0.15, -0.1) is 0 Å². The van der Waals surface area contributed by atoms with Crippen LogP contribution in [0, 0.1) is 0 Å². The average Bonchev–Trinajstić information content (AvgIpc) is 2.67. The van der Waals surface area contributed by atoms with E-state index in [9.17, 15) is 13.2 Å². The summed E-state index contributed by atoms with van der Waals surface area (Å²) in [5.41, 5.74) is 0. The van der Waals surface area contributed by atoms with Gasteiger partial charge in [-0.1, -0.05) is 0 Å². The minimum Gasteiger partial charge on any atom is -0.461 e. The fraction of sp³-hybridized carbons (Fsp3) is 0.444. The molecule has 0 amide bonds. The fourth-order valence-electron chi connectivity index (χ4n) is 0.991. The number of sulfone groups is 1. The van der Waals surface area contributed by atoms with Gasteiger partial charge in [0.05, 0.1) is 18.6 Å². The van der Waals surface area contributed by atoms with Crippen LogP contribution in [0.5, 0.6) is 0 Å². The van der Waals surface area contributed by atoms with E-state index in [0.717, 1.165) is 0 Å². The molecule has 1 rings (SSSR count). The van der Waals surface area contributed by atoms with Crippen molar-refractivity contribution < 1.29 is 22.4 Å². The van der Waals surface area contributed by atoms with E-state index in [-0.39, 0.29) is 18.1 Å². The largest absolute Gasteiger partial charge is 0.461 e. The first-order valence-electron chi connectivity index (χ1n) is 4.31. The molecule has 15 heavy (non-hydrogen) atoms. The van der Waals surface area contributed by atoms with Crippen LogP contribution in [0.2, 0.25) is 0 Å². The molecule has 0 saturated carbocycles. The van der Waals surface area contributed by atoms with E-state index in [1.807, 2.05) is 0 Å². The number of methoxy groups -OCH3 is 1. The summed E-state index contributed by atoms with van der Waals surface area (Å²) >= 11 is 0. The molecule has 0 saturated heterocycles. The van der Waals surface area contributed by atoms with Crippen molar-refractivity contribution in [2.75, 3.05) is 25.2 Å². The number of furan rings is 1. The summed E-state index contributed by atoms with van der Waals surface area (Å²) in [6, 6.07) is 2.98. The minimum atomic E-state index is -3.40. The molecule has 0 fully saturated rings. The number of carbonyl (C=O) groups excluding carboxylic acids is 1. The van der Waals surface area contributed by atoms with Crippen LogP contribution < -0.4 is 0 Å². The van der Waals surface area contributed by atoms with Crippen LogP contribution >= 0.6 is 0 Å². The molecule has 0 unspecified atom stereocenters. The Balaban J connectivity index is 2.58. The van der Waals surface area contributed by atoms with Crippen molar-refractivity contribution in [1.82, 2.24) is 0 Å². The quantitative estimate of drug-likeness (QED) is 0.669. The van der Waals surface area contributed by atoms with Crippen LogP contribution in [0.25, 0.3) is 0 Å². The number of ketones is 1. The highest BCUT2D eigenvalue weighted by atomic mass is 32.2. The molecular weight excluding hydrogens is 220 g/mol. The van der Waals surface area contributed by atoms with E-state index in [1.165, 1.54) is 25.5 Å². The Morgan fingerprint density at radius 2 is 2.27 bits per heavy atom. The van der Waals surface area contributed by atoms with Crippen LogP contribution in [0.3, 0.4) is 0 Å². The van der Waals surface area contributed by atoms with Crippen LogP contribution in [0.4, 0.5) is 0 Å². The van der Waals surface area contributed by atoms with E-state index < -0.39 is 21.4 Å². The Labute approximate surface area is 88.0 Å². The monoisotopic (exact) mass is 232 g/mol. The van der Waals surface area contributed by atoms with Gasteiger partial charge >= 0.3 is 0 Å². The summed E-state index contributed by atoms with van der Waals surface area (Å²) in [5, 5.41) is 0. The van der Waals surface area contributed by atoms with Gasteiger partial charge in [-0.25, -0.2) is 8.42 Å². The van der Waals surface area contributed by atoms with Gasteiger partial charge in [-0.3, -0.25) is 4.79 Å². The van der Waals surface area contributed by atoms with Crippen LogP contribution in [0.15, 0.2) is 22.8 Å². The number of ether oxygens (including phenoxy) is 1. The molecule has 0 bridgehead atoms. The summed E-state index contributed by atoms with van der Waals surface area (Å²) in [4.78, 5) is 11.4. The molecule has 5 nitrogen and oxygen atoms in total. The highest BCUT2D eigenvalue weighted by Gasteiger charge is 2.19. The number of carbonyl (C=O) groups is 1. The van der Waals surface area contributed by atoms with Crippen LogP contribution in [0.1, 0.15) is 10.6 Å². The van der Waals surface area contributed by atoms with Crippen LogP contribution in [-0.4, -0.2) is 39.4 Å². The maximum atomic E-state index is 11.4. The molecule has 1 aromatic heterocycles. The van der Waals surface area contributed by atoms with Gasteiger partial charge in [0, 0.05) is 7.11 Å². The summed E-state index contributed by atoms with van der Waals surface area (Å²) in [6.45, 7) is 0.0910. The highest BCUT2D eigenvalue weighted by Crippen LogP contribution is 2.04. The number of rotatable bonds is 6.